The number of aliphatic hydroxyl groups excluding tert-OH is 1. The van der Waals surface area contributed by atoms with Crippen LogP contribution in [0.4, 0.5) is 10.5 Å². The number of nitrogens with one attached hydrogen (secondary N) is 1. The molecule has 2 N–H and O–H groups in total. The molecule has 2 unspecified atom stereocenters. The molecule has 20 heavy (non-hydrogen) atoms. The van der Waals surface area contributed by atoms with Gasteiger partial charge in [-0.1, -0.05) is 32.9 Å². The van der Waals surface area contributed by atoms with Gasteiger partial charge in [0.2, 0.25) is 0 Å². The predicted molar refractivity (Wildman–Crippen MR) is 80.9 cm³/mol. The quantitative estimate of drug-likeness (QED) is 0.872. The van der Waals surface area contributed by atoms with E-state index < -0.39 is 6.10 Å². The van der Waals surface area contributed by atoms with Gasteiger partial charge in [0.15, 0.2) is 0 Å². The van der Waals surface area contributed by atoms with E-state index in [1.807, 2.05) is 25.1 Å². The van der Waals surface area contributed by atoms with Gasteiger partial charge in [0.05, 0.1) is 6.10 Å². The van der Waals surface area contributed by atoms with Gasteiger partial charge in [-0.15, -0.1) is 0 Å². The lowest BCUT2D eigenvalue weighted by Crippen LogP contribution is -2.47. The molecular formula is C16H24N2O2. The van der Waals surface area contributed by atoms with Crippen LogP contribution in [-0.2, 0) is 0 Å². The fourth-order valence-corrected chi connectivity index (χ4v) is 2.41. The third-order valence-corrected chi connectivity index (χ3v) is 4.01. The summed E-state index contributed by atoms with van der Waals surface area (Å²) >= 11 is 0. The smallest absolute Gasteiger partial charge is 0.321 e. The Morgan fingerprint density at radius 1 is 1.45 bits per heavy atom. The Labute approximate surface area is 120 Å². The molecule has 0 saturated carbocycles. The van der Waals surface area contributed by atoms with Crippen molar-refractivity contribution in [2.75, 3.05) is 18.4 Å². The first-order valence-corrected chi connectivity index (χ1v) is 7.31. The van der Waals surface area contributed by atoms with E-state index in [0.717, 1.165) is 12.1 Å². The number of rotatable bonds is 2. The molecule has 0 bridgehead atoms. The Bertz CT molecular complexity index is 473. The zero-order chi connectivity index (χ0) is 14.7. The number of hydrogen-bond donors (Lipinski definition) is 2. The summed E-state index contributed by atoms with van der Waals surface area (Å²) in [6, 6.07) is 7.79. The molecule has 1 aliphatic rings. The van der Waals surface area contributed by atoms with Gasteiger partial charge >= 0.3 is 6.03 Å². The van der Waals surface area contributed by atoms with Crippen LogP contribution in [-0.4, -0.2) is 35.2 Å². The molecule has 1 saturated heterocycles. The van der Waals surface area contributed by atoms with Crippen molar-refractivity contribution in [1.82, 2.24) is 4.90 Å². The zero-order valence-corrected chi connectivity index (χ0v) is 12.5. The summed E-state index contributed by atoms with van der Waals surface area (Å²) in [4.78, 5) is 13.9. The van der Waals surface area contributed by atoms with Gasteiger partial charge in [-0.05, 0) is 36.0 Å². The number of benzene rings is 1. The molecule has 1 aliphatic heterocycles. The van der Waals surface area contributed by atoms with Crippen molar-refractivity contribution >= 4 is 11.7 Å². The van der Waals surface area contributed by atoms with Crippen LogP contribution >= 0.6 is 0 Å². The number of aliphatic hydroxyl groups is 1. The SMILES string of the molecule is CC(C)c1cccc(NC(=O)N2CCC(C)C(O)C2)c1. The molecule has 0 radical (unpaired) electrons. The molecule has 0 spiro atoms. The molecule has 0 aromatic heterocycles. The molecule has 2 amide bonds. The van der Waals surface area contributed by atoms with Crippen LogP contribution in [0.3, 0.4) is 0 Å². The van der Waals surface area contributed by atoms with E-state index in [9.17, 15) is 9.90 Å². The number of carbonyl (C=O) groups excluding carboxylic acids is 1. The number of anilines is 1. The molecule has 1 fully saturated rings. The largest absolute Gasteiger partial charge is 0.391 e. The standard InChI is InChI=1S/C16H24N2O2/c1-11(2)13-5-4-6-14(9-13)17-16(20)18-8-7-12(3)15(19)10-18/h4-6,9,11-12,15,19H,7-8,10H2,1-3H3,(H,17,20). The summed E-state index contributed by atoms with van der Waals surface area (Å²) in [5.41, 5.74) is 2.02. The van der Waals surface area contributed by atoms with Crippen LogP contribution < -0.4 is 5.32 Å². The van der Waals surface area contributed by atoms with Gasteiger partial charge in [-0.2, -0.15) is 0 Å². The molecule has 2 rings (SSSR count). The second kappa shape index (κ2) is 6.27. The molecule has 0 aliphatic carbocycles. The van der Waals surface area contributed by atoms with Crippen LogP contribution in [0.2, 0.25) is 0 Å². The third kappa shape index (κ3) is 3.51. The lowest BCUT2D eigenvalue weighted by atomic mass is 9.96. The Morgan fingerprint density at radius 2 is 2.20 bits per heavy atom. The number of hydrogen-bond acceptors (Lipinski definition) is 2. The Balaban J connectivity index is 1.99. The average molecular weight is 276 g/mol. The zero-order valence-electron chi connectivity index (χ0n) is 12.5. The van der Waals surface area contributed by atoms with Crippen molar-refractivity contribution in [2.45, 2.75) is 39.2 Å². The Hall–Kier alpha value is -1.55. The average Bonchev–Trinajstić information content (AvgIpc) is 2.42. The first-order valence-electron chi connectivity index (χ1n) is 7.31. The van der Waals surface area contributed by atoms with Gasteiger partial charge < -0.3 is 15.3 Å². The predicted octanol–water partition coefficient (Wildman–Crippen LogP) is 3.04. The highest BCUT2D eigenvalue weighted by atomic mass is 16.3. The van der Waals surface area contributed by atoms with E-state index in [4.69, 9.17) is 0 Å². The van der Waals surface area contributed by atoms with E-state index >= 15 is 0 Å². The number of piperidine rings is 1. The van der Waals surface area contributed by atoms with Crippen molar-refractivity contribution < 1.29 is 9.90 Å². The van der Waals surface area contributed by atoms with Gasteiger partial charge in [0.25, 0.3) is 0 Å². The van der Waals surface area contributed by atoms with E-state index in [2.05, 4.69) is 25.2 Å². The van der Waals surface area contributed by atoms with Crippen molar-refractivity contribution in [2.24, 2.45) is 5.92 Å². The summed E-state index contributed by atoms with van der Waals surface area (Å²) in [6.07, 6.45) is 0.428. The van der Waals surface area contributed by atoms with Crippen molar-refractivity contribution in [3.05, 3.63) is 29.8 Å². The summed E-state index contributed by atoms with van der Waals surface area (Å²) in [5.74, 6) is 0.702. The van der Waals surface area contributed by atoms with Crippen LogP contribution in [0.15, 0.2) is 24.3 Å². The lowest BCUT2D eigenvalue weighted by molar-refractivity contribution is 0.0464. The van der Waals surface area contributed by atoms with E-state index in [1.54, 1.807) is 4.90 Å². The topological polar surface area (TPSA) is 52.6 Å². The minimum atomic E-state index is -0.420. The van der Waals surface area contributed by atoms with Gasteiger partial charge in [0.1, 0.15) is 0 Å². The van der Waals surface area contributed by atoms with Gasteiger partial charge in [-0.3, -0.25) is 0 Å². The monoisotopic (exact) mass is 276 g/mol. The van der Waals surface area contributed by atoms with Crippen molar-refractivity contribution in [3.8, 4) is 0 Å². The Morgan fingerprint density at radius 3 is 2.85 bits per heavy atom. The molecule has 4 heteroatoms. The minimum Gasteiger partial charge on any atom is -0.391 e. The van der Waals surface area contributed by atoms with Crippen LogP contribution in [0.5, 0.6) is 0 Å². The van der Waals surface area contributed by atoms with Gasteiger partial charge in [0, 0.05) is 18.8 Å². The molecule has 110 valence electrons. The fourth-order valence-electron chi connectivity index (χ4n) is 2.41. The molecule has 1 aromatic rings. The summed E-state index contributed by atoms with van der Waals surface area (Å²) in [5, 5.41) is 12.8. The first kappa shape index (κ1) is 14.9. The van der Waals surface area contributed by atoms with Crippen LogP contribution in [0.1, 0.15) is 38.7 Å². The maximum atomic E-state index is 12.2. The van der Waals surface area contributed by atoms with Crippen molar-refractivity contribution in [1.29, 1.82) is 0 Å². The maximum Gasteiger partial charge on any atom is 0.321 e. The first-order chi connectivity index (χ1) is 9.47. The molecular weight excluding hydrogens is 252 g/mol. The summed E-state index contributed by atoms with van der Waals surface area (Å²) in [7, 11) is 0. The lowest BCUT2D eigenvalue weighted by Gasteiger charge is -2.34. The minimum absolute atomic E-state index is 0.128. The third-order valence-electron chi connectivity index (χ3n) is 4.01. The molecule has 1 heterocycles. The second-order valence-corrected chi connectivity index (χ2v) is 5.99. The maximum absolute atomic E-state index is 12.2. The molecule has 2 atom stereocenters. The molecule has 4 nitrogen and oxygen atoms in total. The molecule has 1 aromatic carbocycles. The van der Waals surface area contributed by atoms with Crippen LogP contribution in [0, 0.1) is 5.92 Å². The van der Waals surface area contributed by atoms with Gasteiger partial charge in [-0.25, -0.2) is 4.79 Å². The number of urea groups is 1. The fraction of sp³-hybridized carbons (Fsp3) is 0.562. The highest BCUT2D eigenvalue weighted by Crippen LogP contribution is 2.20. The van der Waals surface area contributed by atoms with Crippen LogP contribution in [0.25, 0.3) is 0 Å². The summed E-state index contributed by atoms with van der Waals surface area (Å²) in [6.45, 7) is 7.39. The van der Waals surface area contributed by atoms with Crippen molar-refractivity contribution in [3.63, 3.8) is 0 Å². The second-order valence-electron chi connectivity index (χ2n) is 5.99. The highest BCUT2D eigenvalue weighted by molar-refractivity contribution is 5.89. The normalized spacial score (nSPS) is 22.9. The number of carbonyl (C=O) groups is 1. The highest BCUT2D eigenvalue weighted by Gasteiger charge is 2.27. The van der Waals surface area contributed by atoms with E-state index in [0.29, 0.717) is 19.0 Å². The number of likely N-dealkylation sites (tertiary alicyclic amines) is 1. The van der Waals surface area contributed by atoms with E-state index in [1.165, 1.54) is 5.56 Å². The van der Waals surface area contributed by atoms with E-state index in [-0.39, 0.29) is 11.9 Å². The number of amides is 2. The Kier molecular flexibility index (Phi) is 4.65. The number of β-amino-alcohol motifs (C(OH)–C–C–N with tert-alkyl or cyclic N) is 1. The number of nitrogens with zero attached hydrogens (tertiary/aromatic N) is 1. The summed E-state index contributed by atoms with van der Waals surface area (Å²) < 4.78 is 0.